The molecule has 5 heteroatoms. The normalized spacial score (nSPS) is 19.5. The van der Waals surface area contributed by atoms with Gasteiger partial charge in [0.15, 0.2) is 0 Å². The van der Waals surface area contributed by atoms with Crippen molar-refractivity contribution in [2.45, 2.75) is 6.04 Å². The molecule has 0 bridgehead atoms. The average Bonchev–Trinajstić information content (AvgIpc) is 2.63. The number of nitrogens with one attached hydrogen (secondary N) is 1. The lowest BCUT2D eigenvalue weighted by Gasteiger charge is -2.16. The number of hydrogen-bond donors (Lipinski definition) is 1. The van der Waals surface area contributed by atoms with Crippen LogP contribution in [0.2, 0.25) is 0 Å². The second kappa shape index (κ2) is 5.18. The van der Waals surface area contributed by atoms with Crippen molar-refractivity contribution in [1.82, 2.24) is 15.1 Å². The first-order valence-corrected chi connectivity index (χ1v) is 5.91. The second-order valence-corrected chi connectivity index (χ2v) is 4.59. The zero-order valence-corrected chi connectivity index (χ0v) is 10.6. The number of benzene rings is 1. The molecule has 0 saturated carbocycles. The number of carbonyl (C=O) groups excluding carboxylic acids is 2. The van der Waals surface area contributed by atoms with E-state index in [1.807, 2.05) is 49.3 Å². The minimum atomic E-state index is -0.541. The third-order valence-electron chi connectivity index (χ3n) is 2.93. The van der Waals surface area contributed by atoms with Crippen LogP contribution in [0.1, 0.15) is 11.6 Å². The van der Waals surface area contributed by atoms with E-state index < -0.39 is 6.04 Å². The Hall–Kier alpha value is -1.88. The lowest BCUT2D eigenvalue weighted by atomic mass is 10.1. The van der Waals surface area contributed by atoms with Crippen LogP contribution in [-0.2, 0) is 4.79 Å². The lowest BCUT2D eigenvalue weighted by Crippen LogP contribution is -2.36. The van der Waals surface area contributed by atoms with Crippen molar-refractivity contribution in [1.29, 1.82) is 0 Å². The second-order valence-electron chi connectivity index (χ2n) is 4.59. The van der Waals surface area contributed by atoms with Gasteiger partial charge in [-0.15, -0.1) is 0 Å². The van der Waals surface area contributed by atoms with E-state index in [1.54, 1.807) is 0 Å². The zero-order chi connectivity index (χ0) is 13.1. The summed E-state index contributed by atoms with van der Waals surface area (Å²) in [6.45, 7) is 1.08. The molecule has 96 valence electrons. The van der Waals surface area contributed by atoms with Gasteiger partial charge in [0, 0.05) is 13.1 Å². The molecule has 1 aromatic rings. The first-order chi connectivity index (χ1) is 8.59. The molecule has 0 aliphatic carbocycles. The van der Waals surface area contributed by atoms with E-state index in [2.05, 4.69) is 5.32 Å². The van der Waals surface area contributed by atoms with Crippen molar-refractivity contribution in [3.05, 3.63) is 35.9 Å². The molecule has 1 aromatic carbocycles. The maximum absolute atomic E-state index is 12.2. The molecule has 0 radical (unpaired) electrons. The average molecular weight is 247 g/mol. The Morgan fingerprint density at radius 1 is 1.22 bits per heavy atom. The van der Waals surface area contributed by atoms with Gasteiger partial charge >= 0.3 is 6.03 Å². The number of nitrogens with zero attached hydrogens (tertiary/aromatic N) is 2. The van der Waals surface area contributed by atoms with Crippen LogP contribution in [-0.4, -0.2) is 48.9 Å². The molecule has 0 unspecified atom stereocenters. The van der Waals surface area contributed by atoms with E-state index in [1.165, 1.54) is 4.90 Å². The molecule has 1 fully saturated rings. The van der Waals surface area contributed by atoms with Crippen molar-refractivity contribution in [3.63, 3.8) is 0 Å². The minimum absolute atomic E-state index is 0.173. The fraction of sp³-hybridized carbons (Fsp3) is 0.385. The van der Waals surface area contributed by atoms with Crippen molar-refractivity contribution < 1.29 is 9.59 Å². The summed E-state index contributed by atoms with van der Waals surface area (Å²) >= 11 is 0. The zero-order valence-electron chi connectivity index (χ0n) is 10.6. The van der Waals surface area contributed by atoms with Crippen LogP contribution in [0.5, 0.6) is 0 Å². The molecular formula is C13H17N3O2. The van der Waals surface area contributed by atoms with E-state index in [9.17, 15) is 9.59 Å². The maximum atomic E-state index is 12.2. The van der Waals surface area contributed by atoms with E-state index >= 15 is 0 Å². The topological polar surface area (TPSA) is 52.6 Å². The van der Waals surface area contributed by atoms with Crippen LogP contribution in [0.4, 0.5) is 4.79 Å². The summed E-state index contributed by atoms with van der Waals surface area (Å²) in [4.78, 5) is 27.1. The highest BCUT2D eigenvalue weighted by molar-refractivity contribution is 6.04. The van der Waals surface area contributed by atoms with Crippen molar-refractivity contribution in [2.75, 3.05) is 27.2 Å². The van der Waals surface area contributed by atoms with Crippen LogP contribution >= 0.6 is 0 Å². The molecule has 1 atom stereocenters. The van der Waals surface area contributed by atoms with Crippen molar-refractivity contribution >= 4 is 11.9 Å². The molecule has 1 aliphatic rings. The summed E-state index contributed by atoms with van der Waals surface area (Å²) in [7, 11) is 3.82. The van der Waals surface area contributed by atoms with Crippen LogP contribution in [0.3, 0.4) is 0 Å². The highest BCUT2D eigenvalue weighted by Gasteiger charge is 2.38. The number of rotatable bonds is 4. The van der Waals surface area contributed by atoms with Gasteiger partial charge in [-0.05, 0) is 19.7 Å². The Morgan fingerprint density at radius 2 is 1.89 bits per heavy atom. The highest BCUT2D eigenvalue weighted by atomic mass is 16.2. The fourth-order valence-corrected chi connectivity index (χ4v) is 1.90. The number of hydrogen-bond acceptors (Lipinski definition) is 3. The van der Waals surface area contributed by atoms with E-state index in [4.69, 9.17) is 0 Å². The van der Waals surface area contributed by atoms with Crippen molar-refractivity contribution in [2.24, 2.45) is 0 Å². The van der Waals surface area contributed by atoms with Crippen LogP contribution in [0, 0.1) is 0 Å². The van der Waals surface area contributed by atoms with Gasteiger partial charge in [-0.1, -0.05) is 30.3 Å². The summed E-state index contributed by atoms with van der Waals surface area (Å²) < 4.78 is 0. The molecule has 2 rings (SSSR count). The largest absolute Gasteiger partial charge is 0.325 e. The molecule has 1 saturated heterocycles. The predicted molar refractivity (Wildman–Crippen MR) is 68.0 cm³/mol. The SMILES string of the molecule is CN(C)CCN1C(=O)N[C@H](c2ccccc2)C1=O. The fourth-order valence-electron chi connectivity index (χ4n) is 1.90. The Kier molecular flexibility index (Phi) is 3.62. The molecule has 1 heterocycles. The molecule has 0 spiro atoms. The smallest absolute Gasteiger partial charge is 0.322 e. The first-order valence-electron chi connectivity index (χ1n) is 5.91. The summed E-state index contributed by atoms with van der Waals surface area (Å²) in [6, 6.07) is 8.44. The monoisotopic (exact) mass is 247 g/mol. The molecule has 18 heavy (non-hydrogen) atoms. The number of amides is 3. The molecular weight excluding hydrogens is 230 g/mol. The highest BCUT2D eigenvalue weighted by Crippen LogP contribution is 2.21. The molecule has 1 N–H and O–H groups in total. The lowest BCUT2D eigenvalue weighted by molar-refractivity contribution is -0.127. The third-order valence-corrected chi connectivity index (χ3v) is 2.93. The molecule has 1 aliphatic heterocycles. The Labute approximate surface area is 106 Å². The van der Waals surface area contributed by atoms with Gasteiger partial charge in [0.1, 0.15) is 6.04 Å². The Bertz CT molecular complexity index is 445. The van der Waals surface area contributed by atoms with Gasteiger partial charge in [-0.2, -0.15) is 0 Å². The third kappa shape index (κ3) is 2.51. The van der Waals surface area contributed by atoms with Gasteiger partial charge in [0.2, 0.25) is 0 Å². The van der Waals surface area contributed by atoms with Crippen LogP contribution in [0.15, 0.2) is 30.3 Å². The standard InChI is InChI=1S/C13H17N3O2/c1-15(2)8-9-16-12(17)11(14-13(16)18)10-6-4-3-5-7-10/h3-7,11H,8-9H2,1-2H3,(H,14,18)/t11-/m1/s1. The summed E-state index contributed by atoms with van der Waals surface area (Å²) in [5.41, 5.74) is 0.822. The molecule has 5 nitrogen and oxygen atoms in total. The Morgan fingerprint density at radius 3 is 2.50 bits per heavy atom. The summed E-state index contributed by atoms with van der Waals surface area (Å²) in [5.74, 6) is -0.173. The van der Waals surface area contributed by atoms with Gasteiger partial charge in [0.25, 0.3) is 5.91 Å². The number of urea groups is 1. The van der Waals surface area contributed by atoms with Gasteiger partial charge < -0.3 is 10.2 Å². The van der Waals surface area contributed by atoms with E-state index in [0.29, 0.717) is 13.1 Å². The first kappa shape index (κ1) is 12.6. The summed E-state index contributed by atoms with van der Waals surface area (Å²) in [5, 5.41) is 2.71. The van der Waals surface area contributed by atoms with E-state index in [-0.39, 0.29) is 11.9 Å². The molecule has 0 aromatic heterocycles. The minimum Gasteiger partial charge on any atom is -0.322 e. The molecule has 3 amide bonds. The van der Waals surface area contributed by atoms with Gasteiger partial charge in [-0.25, -0.2) is 4.79 Å². The van der Waals surface area contributed by atoms with Crippen LogP contribution in [0.25, 0.3) is 0 Å². The predicted octanol–water partition coefficient (Wildman–Crippen LogP) is 0.841. The van der Waals surface area contributed by atoms with Gasteiger partial charge in [0.05, 0.1) is 0 Å². The number of carbonyl (C=O) groups is 2. The Balaban J connectivity index is 2.09. The van der Waals surface area contributed by atoms with Crippen molar-refractivity contribution in [3.8, 4) is 0 Å². The van der Waals surface area contributed by atoms with Crippen LogP contribution < -0.4 is 5.32 Å². The number of imide groups is 1. The van der Waals surface area contributed by atoms with Gasteiger partial charge in [-0.3, -0.25) is 9.69 Å². The quantitative estimate of drug-likeness (QED) is 0.802. The van der Waals surface area contributed by atoms with E-state index in [0.717, 1.165) is 5.56 Å². The number of likely N-dealkylation sites (N-methyl/N-ethyl adjacent to an activating group) is 1. The maximum Gasteiger partial charge on any atom is 0.325 e. The summed E-state index contributed by atoms with van der Waals surface area (Å²) in [6.07, 6.45) is 0.